The van der Waals surface area contributed by atoms with Crippen LogP contribution in [0.2, 0.25) is 0 Å². The van der Waals surface area contributed by atoms with Crippen LogP contribution in [-0.4, -0.2) is 42.0 Å². The Balaban J connectivity index is 1.12. The Morgan fingerprint density at radius 1 is 0.909 bits per heavy atom. The van der Waals surface area contributed by atoms with Crippen molar-refractivity contribution in [2.24, 2.45) is 5.41 Å². The summed E-state index contributed by atoms with van der Waals surface area (Å²) in [6, 6.07) is 22.6. The number of hydrogen-bond donors (Lipinski definition) is 3. The summed E-state index contributed by atoms with van der Waals surface area (Å²) in [4.78, 5) is 36.3. The van der Waals surface area contributed by atoms with E-state index in [4.69, 9.17) is 9.47 Å². The quantitative estimate of drug-likeness (QED) is 0.109. The van der Waals surface area contributed by atoms with E-state index in [9.17, 15) is 9.59 Å². The van der Waals surface area contributed by atoms with Crippen molar-refractivity contribution < 1.29 is 19.1 Å². The number of thiophene rings is 1. The Labute approximate surface area is 259 Å². The Morgan fingerprint density at radius 2 is 1.70 bits per heavy atom. The molecule has 1 aliphatic rings. The van der Waals surface area contributed by atoms with Crippen LogP contribution in [0.5, 0.6) is 11.5 Å². The molecule has 3 N–H and O–H groups in total. The van der Waals surface area contributed by atoms with Crippen LogP contribution in [-0.2, 0) is 20.9 Å². The third kappa shape index (κ3) is 6.47. The highest BCUT2D eigenvalue weighted by molar-refractivity contribution is 7.22. The lowest BCUT2D eigenvalue weighted by atomic mass is 10.0. The molecule has 2 aromatic carbocycles. The smallest absolute Gasteiger partial charge is 0.240 e. The third-order valence-corrected chi connectivity index (χ3v) is 8.73. The van der Waals surface area contributed by atoms with Crippen molar-refractivity contribution in [2.45, 2.75) is 26.3 Å². The first-order valence-electron chi connectivity index (χ1n) is 14.5. The summed E-state index contributed by atoms with van der Waals surface area (Å²) in [5.74, 6) is 0.775. The first kappa shape index (κ1) is 29.4. The average molecular weight is 608 g/mol. The summed E-state index contributed by atoms with van der Waals surface area (Å²) < 4.78 is 12.4. The number of benzene rings is 2. The number of methoxy groups -OCH3 is 1. The van der Waals surface area contributed by atoms with E-state index in [1.807, 2.05) is 61.7 Å². The van der Waals surface area contributed by atoms with Crippen molar-refractivity contribution in [3.05, 3.63) is 96.3 Å². The van der Waals surface area contributed by atoms with E-state index >= 15 is 0 Å². The van der Waals surface area contributed by atoms with Crippen molar-refractivity contribution >= 4 is 44.7 Å². The maximum Gasteiger partial charge on any atom is 0.240 e. The molecule has 6 rings (SSSR count). The van der Waals surface area contributed by atoms with Crippen LogP contribution in [0.4, 0.5) is 11.4 Å². The number of para-hydroxylation sites is 1. The van der Waals surface area contributed by atoms with Crippen molar-refractivity contribution in [3.8, 4) is 22.1 Å². The molecule has 0 bridgehead atoms. The van der Waals surface area contributed by atoms with Crippen molar-refractivity contribution in [3.63, 3.8) is 0 Å². The van der Waals surface area contributed by atoms with Gasteiger partial charge in [-0.3, -0.25) is 19.6 Å². The standard InChI is InChI=1S/C34H33N5O4S/c1-22-18-25(39-33(41)34(13-14-34)32(40)38-24-6-4-3-5-7-24)9-11-28(22)43-29-12-15-36-27-19-30(44-31(27)29)26-10-8-23(21-37-26)20-35-16-17-42-2/h3-12,15,18-19,21,35H,13-14,16-17,20H2,1-2H3,(H,38,40)(H,39,41). The number of nitrogens with zero attached hydrogens (tertiary/aromatic N) is 2. The van der Waals surface area contributed by atoms with Gasteiger partial charge in [0.15, 0.2) is 0 Å². The number of hydrogen-bond acceptors (Lipinski definition) is 8. The fourth-order valence-corrected chi connectivity index (χ4v) is 5.91. The topological polar surface area (TPSA) is 114 Å². The van der Waals surface area contributed by atoms with Crippen LogP contribution in [0.15, 0.2) is 85.2 Å². The van der Waals surface area contributed by atoms with Crippen molar-refractivity contribution in [1.82, 2.24) is 15.3 Å². The second-order valence-corrected chi connectivity index (χ2v) is 11.8. The summed E-state index contributed by atoms with van der Waals surface area (Å²) in [5.41, 5.74) is 3.90. The van der Waals surface area contributed by atoms with Crippen LogP contribution in [0, 0.1) is 12.3 Å². The summed E-state index contributed by atoms with van der Waals surface area (Å²) in [6.45, 7) is 4.11. The number of ether oxygens (including phenoxy) is 2. The zero-order valence-electron chi connectivity index (χ0n) is 24.6. The molecule has 5 aromatic rings. The predicted octanol–water partition coefficient (Wildman–Crippen LogP) is 6.55. The molecule has 0 saturated heterocycles. The number of aryl methyl sites for hydroxylation is 1. The number of fused-ring (bicyclic) bond motifs is 1. The van der Waals surface area contributed by atoms with Crippen LogP contribution < -0.4 is 20.7 Å². The van der Waals surface area contributed by atoms with Gasteiger partial charge in [0.05, 0.1) is 27.4 Å². The maximum atomic E-state index is 13.1. The van der Waals surface area contributed by atoms with Crippen molar-refractivity contribution in [1.29, 1.82) is 0 Å². The van der Waals surface area contributed by atoms with Crippen LogP contribution in [0.25, 0.3) is 20.8 Å². The largest absolute Gasteiger partial charge is 0.455 e. The van der Waals surface area contributed by atoms with E-state index in [1.54, 1.807) is 42.8 Å². The molecule has 3 heterocycles. The molecule has 0 aliphatic heterocycles. The van der Waals surface area contributed by atoms with Gasteiger partial charge in [-0.2, -0.15) is 0 Å². The molecule has 224 valence electrons. The zero-order valence-corrected chi connectivity index (χ0v) is 25.4. The molecule has 0 unspecified atom stereocenters. The molecule has 10 heteroatoms. The minimum atomic E-state index is -1.05. The fraction of sp³-hybridized carbons (Fsp3) is 0.235. The molecule has 3 aromatic heterocycles. The number of pyridine rings is 2. The molecule has 9 nitrogen and oxygen atoms in total. The lowest BCUT2D eigenvalue weighted by Gasteiger charge is -2.16. The molecule has 0 spiro atoms. The van der Waals surface area contributed by atoms with E-state index in [2.05, 4.69) is 32.0 Å². The minimum absolute atomic E-state index is 0.281. The SMILES string of the molecule is COCCNCc1ccc(-c2cc3nccc(Oc4ccc(NC(=O)C5(C(=O)Nc6ccccc6)CC5)cc4C)c3s2)nc1. The first-order chi connectivity index (χ1) is 21.4. The van der Waals surface area contributed by atoms with Gasteiger partial charge in [0.1, 0.15) is 16.9 Å². The number of anilines is 2. The van der Waals surface area contributed by atoms with Gasteiger partial charge in [-0.05, 0) is 73.4 Å². The van der Waals surface area contributed by atoms with E-state index in [0.29, 0.717) is 42.3 Å². The molecular formula is C34H33N5O4S. The summed E-state index contributed by atoms with van der Waals surface area (Å²) >= 11 is 1.58. The van der Waals surface area contributed by atoms with Gasteiger partial charge in [0, 0.05) is 50.0 Å². The van der Waals surface area contributed by atoms with Gasteiger partial charge in [0.25, 0.3) is 0 Å². The molecular weight excluding hydrogens is 574 g/mol. The average Bonchev–Trinajstić information content (AvgIpc) is 3.74. The Kier molecular flexibility index (Phi) is 8.65. The van der Waals surface area contributed by atoms with Gasteiger partial charge >= 0.3 is 0 Å². The Bertz CT molecular complexity index is 1790. The molecule has 1 saturated carbocycles. The predicted molar refractivity (Wildman–Crippen MR) is 173 cm³/mol. The van der Waals surface area contributed by atoms with Crippen LogP contribution in [0.3, 0.4) is 0 Å². The molecule has 0 atom stereocenters. The van der Waals surface area contributed by atoms with Crippen molar-refractivity contribution in [2.75, 3.05) is 30.9 Å². The van der Waals surface area contributed by atoms with Crippen LogP contribution >= 0.6 is 11.3 Å². The lowest BCUT2D eigenvalue weighted by molar-refractivity contribution is -0.131. The van der Waals surface area contributed by atoms with Gasteiger partial charge in [-0.1, -0.05) is 24.3 Å². The second kappa shape index (κ2) is 12.9. The highest BCUT2D eigenvalue weighted by Crippen LogP contribution is 2.48. The number of carbonyl (C=O) groups excluding carboxylic acids is 2. The highest BCUT2D eigenvalue weighted by Gasteiger charge is 2.56. The summed E-state index contributed by atoms with van der Waals surface area (Å²) in [7, 11) is 1.69. The maximum absolute atomic E-state index is 13.1. The monoisotopic (exact) mass is 607 g/mol. The summed E-state index contributed by atoms with van der Waals surface area (Å²) in [6.07, 6.45) is 4.65. The number of amides is 2. The first-order valence-corrected chi connectivity index (χ1v) is 15.3. The van der Waals surface area contributed by atoms with Crippen LogP contribution in [0.1, 0.15) is 24.0 Å². The third-order valence-electron chi connectivity index (χ3n) is 7.57. The van der Waals surface area contributed by atoms with Gasteiger partial charge in [0.2, 0.25) is 11.8 Å². The number of carbonyl (C=O) groups is 2. The van der Waals surface area contributed by atoms with Gasteiger partial charge < -0.3 is 25.4 Å². The molecule has 1 aliphatic carbocycles. The fourth-order valence-electron chi connectivity index (χ4n) is 4.87. The minimum Gasteiger partial charge on any atom is -0.455 e. The number of nitrogens with one attached hydrogen (secondary N) is 3. The second-order valence-electron chi connectivity index (χ2n) is 10.8. The zero-order chi connectivity index (χ0) is 30.5. The molecule has 0 radical (unpaired) electrons. The Morgan fingerprint density at radius 3 is 2.41 bits per heavy atom. The molecule has 44 heavy (non-hydrogen) atoms. The number of aromatic nitrogens is 2. The normalized spacial score (nSPS) is 13.4. The number of rotatable bonds is 12. The van der Waals surface area contributed by atoms with E-state index < -0.39 is 5.41 Å². The van der Waals surface area contributed by atoms with E-state index in [0.717, 1.165) is 45.0 Å². The van der Waals surface area contributed by atoms with Gasteiger partial charge in [-0.15, -0.1) is 11.3 Å². The van der Waals surface area contributed by atoms with E-state index in [1.165, 1.54) is 0 Å². The molecule has 2 amide bonds. The summed E-state index contributed by atoms with van der Waals surface area (Å²) in [5, 5.41) is 9.13. The Hall–Kier alpha value is -4.64. The van der Waals surface area contributed by atoms with E-state index in [-0.39, 0.29) is 11.8 Å². The highest BCUT2D eigenvalue weighted by atomic mass is 32.1. The lowest BCUT2D eigenvalue weighted by Crippen LogP contribution is -2.35. The van der Waals surface area contributed by atoms with Gasteiger partial charge in [-0.25, -0.2) is 0 Å². The molecule has 1 fully saturated rings.